The average Bonchev–Trinajstić information content (AvgIpc) is 2.76. The summed E-state index contributed by atoms with van der Waals surface area (Å²) < 4.78 is 10.3. The smallest absolute Gasteiger partial charge is 0.408 e. The molecule has 0 saturated heterocycles. The summed E-state index contributed by atoms with van der Waals surface area (Å²) in [4.78, 5) is 25.0. The van der Waals surface area contributed by atoms with Gasteiger partial charge in [0, 0.05) is 17.5 Å². The third-order valence-corrected chi connectivity index (χ3v) is 5.67. The highest BCUT2D eigenvalue weighted by Gasteiger charge is 2.28. The first-order valence-corrected chi connectivity index (χ1v) is 11.7. The van der Waals surface area contributed by atoms with Crippen molar-refractivity contribution in [1.82, 2.24) is 5.32 Å². The largest absolute Gasteiger partial charge is 0.507 e. The van der Waals surface area contributed by atoms with Crippen molar-refractivity contribution in [2.75, 3.05) is 7.11 Å². The van der Waals surface area contributed by atoms with Crippen LogP contribution in [-0.2, 0) is 26.1 Å². The van der Waals surface area contributed by atoms with Crippen LogP contribution < -0.4 is 5.32 Å². The SMILES string of the molecule is COC(=O)C(Cc1cc(-c2cccc3ccccc23)c(O)c(C(C)(C)C)c1)NC(=O)OC(C)(C)C. The third-order valence-electron chi connectivity index (χ3n) is 5.67. The van der Waals surface area contributed by atoms with Crippen molar-refractivity contribution >= 4 is 22.8 Å². The Hall–Kier alpha value is -3.54. The van der Waals surface area contributed by atoms with E-state index in [1.807, 2.05) is 75.4 Å². The molecule has 0 aliphatic carbocycles. The number of amides is 1. The Morgan fingerprint density at radius 2 is 1.60 bits per heavy atom. The number of phenols is 1. The number of phenolic OH excluding ortho intramolecular Hbond substituents is 1. The molecule has 0 aliphatic heterocycles. The topological polar surface area (TPSA) is 84.9 Å². The quantitative estimate of drug-likeness (QED) is 0.433. The minimum Gasteiger partial charge on any atom is -0.507 e. The lowest BCUT2D eigenvalue weighted by Crippen LogP contribution is -2.45. The summed E-state index contributed by atoms with van der Waals surface area (Å²) in [5, 5.41) is 16.1. The molecule has 0 bridgehead atoms. The lowest BCUT2D eigenvalue weighted by Gasteiger charge is -2.25. The van der Waals surface area contributed by atoms with E-state index in [0.717, 1.165) is 27.5 Å². The monoisotopic (exact) mass is 477 g/mol. The van der Waals surface area contributed by atoms with E-state index in [1.165, 1.54) is 7.11 Å². The molecule has 1 amide bonds. The van der Waals surface area contributed by atoms with E-state index >= 15 is 0 Å². The van der Waals surface area contributed by atoms with Gasteiger partial charge in [0.15, 0.2) is 0 Å². The zero-order valence-electron chi connectivity index (χ0n) is 21.6. The van der Waals surface area contributed by atoms with Gasteiger partial charge in [0.05, 0.1) is 7.11 Å². The van der Waals surface area contributed by atoms with Crippen LogP contribution in [0.4, 0.5) is 4.79 Å². The number of alkyl carbamates (subject to hydrolysis) is 1. The van der Waals surface area contributed by atoms with Gasteiger partial charge in [-0.15, -0.1) is 0 Å². The van der Waals surface area contributed by atoms with Crippen LogP contribution in [0.3, 0.4) is 0 Å². The second-order valence-electron chi connectivity index (χ2n) is 10.7. The van der Waals surface area contributed by atoms with Crippen molar-refractivity contribution < 1.29 is 24.2 Å². The van der Waals surface area contributed by atoms with E-state index in [0.29, 0.717) is 5.56 Å². The van der Waals surface area contributed by atoms with Gasteiger partial charge in [-0.3, -0.25) is 0 Å². The average molecular weight is 478 g/mol. The number of aromatic hydroxyl groups is 1. The van der Waals surface area contributed by atoms with Gasteiger partial charge >= 0.3 is 12.1 Å². The van der Waals surface area contributed by atoms with Gasteiger partial charge in [-0.2, -0.15) is 0 Å². The maximum Gasteiger partial charge on any atom is 0.408 e. The lowest BCUT2D eigenvalue weighted by atomic mass is 9.82. The summed E-state index contributed by atoms with van der Waals surface area (Å²) in [5.41, 5.74) is 2.02. The molecule has 3 aromatic carbocycles. The van der Waals surface area contributed by atoms with E-state index in [2.05, 4.69) is 5.32 Å². The van der Waals surface area contributed by atoms with Gasteiger partial charge < -0.3 is 19.9 Å². The Kier molecular flexibility index (Phi) is 7.44. The van der Waals surface area contributed by atoms with Crippen molar-refractivity contribution in [1.29, 1.82) is 0 Å². The summed E-state index contributed by atoms with van der Waals surface area (Å²) in [6, 6.07) is 16.8. The fourth-order valence-electron chi connectivity index (χ4n) is 4.07. The van der Waals surface area contributed by atoms with Gasteiger partial charge in [0.25, 0.3) is 0 Å². The normalized spacial score (nSPS) is 12.8. The van der Waals surface area contributed by atoms with Gasteiger partial charge in [-0.05, 0) is 54.2 Å². The van der Waals surface area contributed by atoms with E-state index in [-0.39, 0.29) is 17.6 Å². The van der Waals surface area contributed by atoms with Crippen molar-refractivity contribution in [2.45, 2.75) is 65.0 Å². The molecule has 1 atom stereocenters. The molecule has 3 rings (SSSR count). The van der Waals surface area contributed by atoms with Crippen LogP contribution in [0.2, 0.25) is 0 Å². The molecular weight excluding hydrogens is 442 g/mol. The molecule has 6 nitrogen and oxygen atoms in total. The summed E-state index contributed by atoms with van der Waals surface area (Å²) in [7, 11) is 1.28. The minimum atomic E-state index is -0.951. The van der Waals surface area contributed by atoms with Crippen LogP contribution in [-0.4, -0.2) is 35.9 Å². The Bertz CT molecular complexity index is 1230. The van der Waals surface area contributed by atoms with E-state index in [4.69, 9.17) is 9.47 Å². The molecule has 6 heteroatoms. The number of hydrogen-bond acceptors (Lipinski definition) is 5. The zero-order chi connectivity index (χ0) is 26.0. The van der Waals surface area contributed by atoms with Crippen LogP contribution in [0, 0.1) is 0 Å². The first kappa shape index (κ1) is 26.1. The molecule has 1 unspecified atom stereocenters. The maximum atomic E-state index is 12.6. The highest BCUT2D eigenvalue weighted by atomic mass is 16.6. The number of nitrogens with one attached hydrogen (secondary N) is 1. The Morgan fingerprint density at radius 1 is 0.943 bits per heavy atom. The second kappa shape index (κ2) is 9.98. The van der Waals surface area contributed by atoms with Gasteiger partial charge in [0.1, 0.15) is 17.4 Å². The number of esters is 1. The summed E-state index contributed by atoms with van der Waals surface area (Å²) >= 11 is 0. The van der Waals surface area contributed by atoms with Crippen molar-refractivity contribution in [2.24, 2.45) is 0 Å². The molecule has 0 radical (unpaired) electrons. The summed E-state index contributed by atoms with van der Waals surface area (Å²) in [5.74, 6) is -0.375. The number of carbonyl (C=O) groups is 2. The van der Waals surface area contributed by atoms with Crippen molar-refractivity contribution in [3.05, 3.63) is 65.7 Å². The predicted molar refractivity (Wildman–Crippen MR) is 139 cm³/mol. The molecule has 0 aliphatic rings. The highest BCUT2D eigenvalue weighted by molar-refractivity contribution is 5.98. The van der Waals surface area contributed by atoms with Crippen molar-refractivity contribution in [3.63, 3.8) is 0 Å². The molecule has 2 N–H and O–H groups in total. The standard InChI is InChI=1S/C29H35NO5/c1-28(2,3)23-16-18(17-24(26(32)34-7)30-27(33)35-29(4,5)6)15-22(25(23)31)21-14-10-12-19-11-8-9-13-20(19)21/h8-16,24,31H,17H2,1-7H3,(H,30,33). The number of benzene rings is 3. The molecule has 186 valence electrons. The zero-order valence-corrected chi connectivity index (χ0v) is 21.6. The molecule has 0 fully saturated rings. The number of rotatable bonds is 5. The van der Waals surface area contributed by atoms with Gasteiger partial charge in [0.2, 0.25) is 0 Å². The second-order valence-corrected chi connectivity index (χ2v) is 10.7. The fourth-order valence-corrected chi connectivity index (χ4v) is 4.07. The number of fused-ring (bicyclic) bond motifs is 1. The van der Waals surface area contributed by atoms with Crippen LogP contribution >= 0.6 is 0 Å². The van der Waals surface area contributed by atoms with E-state index in [1.54, 1.807) is 20.8 Å². The lowest BCUT2D eigenvalue weighted by molar-refractivity contribution is -0.143. The third kappa shape index (κ3) is 6.32. The van der Waals surface area contributed by atoms with Crippen LogP contribution in [0.1, 0.15) is 52.7 Å². The number of hydrogen-bond donors (Lipinski definition) is 2. The predicted octanol–water partition coefficient (Wildman–Crippen LogP) is 6.12. The Morgan fingerprint density at radius 3 is 2.23 bits per heavy atom. The summed E-state index contributed by atoms with van der Waals surface area (Å²) in [6.45, 7) is 11.3. The van der Waals surface area contributed by atoms with Crippen LogP contribution in [0.5, 0.6) is 5.75 Å². The van der Waals surface area contributed by atoms with Crippen LogP contribution in [0.25, 0.3) is 21.9 Å². The number of methoxy groups -OCH3 is 1. The van der Waals surface area contributed by atoms with E-state index < -0.39 is 23.7 Å². The molecular formula is C29H35NO5. The molecule has 0 saturated carbocycles. The van der Waals surface area contributed by atoms with Crippen LogP contribution in [0.15, 0.2) is 54.6 Å². The van der Waals surface area contributed by atoms with Gasteiger partial charge in [-0.25, -0.2) is 9.59 Å². The molecule has 0 aromatic heterocycles. The summed E-state index contributed by atoms with van der Waals surface area (Å²) in [6.07, 6.45) is -0.524. The Balaban J connectivity index is 2.11. The van der Waals surface area contributed by atoms with E-state index in [9.17, 15) is 14.7 Å². The fraction of sp³-hybridized carbons (Fsp3) is 0.379. The number of ether oxygens (including phenoxy) is 2. The number of carbonyl (C=O) groups excluding carboxylic acids is 2. The maximum absolute atomic E-state index is 12.6. The molecule has 3 aromatic rings. The van der Waals surface area contributed by atoms with Gasteiger partial charge in [-0.1, -0.05) is 69.3 Å². The Labute approximate surface area is 207 Å². The minimum absolute atomic E-state index is 0.174. The molecule has 35 heavy (non-hydrogen) atoms. The highest BCUT2D eigenvalue weighted by Crippen LogP contribution is 2.42. The first-order valence-electron chi connectivity index (χ1n) is 11.7. The van der Waals surface area contributed by atoms with Crippen molar-refractivity contribution in [3.8, 4) is 16.9 Å². The molecule has 0 heterocycles. The molecule has 0 spiro atoms. The first-order chi connectivity index (χ1) is 16.3.